The zero-order valence-corrected chi connectivity index (χ0v) is 13.8. The number of aromatic nitrogens is 5. The summed E-state index contributed by atoms with van der Waals surface area (Å²) in [6, 6.07) is 7.08. The molecule has 2 heterocycles. The Bertz CT molecular complexity index is 951. The number of hydrogen-bond donors (Lipinski definition) is 2. The number of anilines is 1. The number of carbonyl (C=O) groups is 1. The lowest BCUT2D eigenvalue weighted by Crippen LogP contribution is -2.16. The van der Waals surface area contributed by atoms with Gasteiger partial charge in [-0.25, -0.2) is 0 Å². The van der Waals surface area contributed by atoms with Gasteiger partial charge >= 0.3 is 0 Å². The normalized spacial score (nSPS) is 10.8. The van der Waals surface area contributed by atoms with E-state index in [1.807, 2.05) is 0 Å². The van der Waals surface area contributed by atoms with Crippen LogP contribution in [0.15, 0.2) is 34.2 Å². The van der Waals surface area contributed by atoms with Crippen molar-refractivity contribution in [2.75, 3.05) is 18.2 Å². The maximum atomic E-state index is 12.1. The van der Waals surface area contributed by atoms with Crippen molar-refractivity contribution in [1.82, 2.24) is 24.8 Å². The lowest BCUT2D eigenvalue weighted by molar-refractivity contribution is -0.113. The number of rotatable bonds is 5. The van der Waals surface area contributed by atoms with E-state index in [0.29, 0.717) is 22.3 Å². The highest BCUT2D eigenvalue weighted by molar-refractivity contribution is 7.99. The van der Waals surface area contributed by atoms with E-state index in [1.165, 1.54) is 16.3 Å². The van der Waals surface area contributed by atoms with Crippen LogP contribution >= 0.6 is 11.8 Å². The molecule has 0 aliphatic rings. The fourth-order valence-electron chi connectivity index (χ4n) is 1.94. The Morgan fingerprint density at radius 2 is 2.25 bits per heavy atom. The molecule has 1 aromatic carbocycles. The minimum absolute atomic E-state index is 0.123. The molecule has 9 nitrogen and oxygen atoms in total. The Morgan fingerprint density at radius 1 is 1.42 bits per heavy atom. The van der Waals surface area contributed by atoms with Crippen molar-refractivity contribution in [3.8, 4) is 5.75 Å². The van der Waals surface area contributed by atoms with E-state index >= 15 is 0 Å². The van der Waals surface area contributed by atoms with Gasteiger partial charge in [-0.2, -0.15) is 9.61 Å². The second-order valence-electron chi connectivity index (χ2n) is 4.83. The summed E-state index contributed by atoms with van der Waals surface area (Å²) in [6.45, 7) is 1.59. The topological polar surface area (TPSA) is 114 Å². The van der Waals surface area contributed by atoms with Gasteiger partial charge in [0, 0.05) is 11.8 Å². The summed E-state index contributed by atoms with van der Waals surface area (Å²) in [7, 11) is 1.56. The number of nitrogens with one attached hydrogen (secondary N) is 2. The summed E-state index contributed by atoms with van der Waals surface area (Å²) in [6.07, 6.45) is 0. The van der Waals surface area contributed by atoms with E-state index in [4.69, 9.17) is 4.74 Å². The fourth-order valence-corrected chi connectivity index (χ4v) is 2.62. The van der Waals surface area contributed by atoms with Gasteiger partial charge in [0.2, 0.25) is 11.1 Å². The second kappa shape index (κ2) is 6.71. The van der Waals surface area contributed by atoms with Crippen LogP contribution in [0.5, 0.6) is 5.75 Å². The first-order valence-corrected chi connectivity index (χ1v) is 7.94. The van der Waals surface area contributed by atoms with E-state index in [-0.39, 0.29) is 23.0 Å². The molecule has 0 saturated carbocycles. The molecule has 0 spiro atoms. The monoisotopic (exact) mass is 346 g/mol. The average Bonchev–Trinajstić information content (AvgIpc) is 2.95. The van der Waals surface area contributed by atoms with Gasteiger partial charge in [-0.1, -0.05) is 17.8 Å². The van der Waals surface area contributed by atoms with Gasteiger partial charge in [-0.15, -0.1) is 10.2 Å². The predicted octanol–water partition coefficient (Wildman–Crippen LogP) is 0.860. The molecule has 2 aromatic heterocycles. The summed E-state index contributed by atoms with van der Waals surface area (Å²) in [5.41, 5.74) is 0.622. The molecule has 3 rings (SSSR count). The Hall–Kier alpha value is -2.88. The molecule has 24 heavy (non-hydrogen) atoms. The van der Waals surface area contributed by atoms with Gasteiger partial charge in [0.05, 0.1) is 12.9 Å². The molecule has 0 radical (unpaired) electrons. The average molecular weight is 346 g/mol. The lowest BCUT2D eigenvalue weighted by Gasteiger charge is -2.06. The smallest absolute Gasteiger partial charge is 0.273 e. The van der Waals surface area contributed by atoms with Crippen LogP contribution in [0.1, 0.15) is 5.69 Å². The number of benzene rings is 1. The molecule has 0 aliphatic carbocycles. The SMILES string of the molecule is COc1cccc(NC(=O)CSc2nnc3[nH]c(=O)c(C)nn23)c1. The van der Waals surface area contributed by atoms with Crippen molar-refractivity contribution < 1.29 is 9.53 Å². The van der Waals surface area contributed by atoms with E-state index in [0.717, 1.165) is 0 Å². The van der Waals surface area contributed by atoms with Crippen LogP contribution < -0.4 is 15.6 Å². The largest absolute Gasteiger partial charge is 0.497 e. The molecule has 0 fully saturated rings. The van der Waals surface area contributed by atoms with Gasteiger partial charge in [0.15, 0.2) is 0 Å². The van der Waals surface area contributed by atoms with E-state index in [2.05, 4.69) is 25.6 Å². The van der Waals surface area contributed by atoms with Crippen molar-refractivity contribution in [3.05, 3.63) is 40.3 Å². The highest BCUT2D eigenvalue weighted by Gasteiger charge is 2.12. The Balaban J connectivity index is 1.68. The number of carbonyl (C=O) groups excluding carboxylic acids is 1. The quantitative estimate of drug-likeness (QED) is 0.659. The van der Waals surface area contributed by atoms with E-state index < -0.39 is 0 Å². The summed E-state index contributed by atoms with van der Waals surface area (Å²) < 4.78 is 6.51. The first-order valence-electron chi connectivity index (χ1n) is 6.96. The fraction of sp³-hybridized carbons (Fsp3) is 0.214. The van der Waals surface area contributed by atoms with Crippen LogP contribution in [0.3, 0.4) is 0 Å². The molecule has 1 amide bonds. The summed E-state index contributed by atoms with van der Waals surface area (Å²) in [5.74, 6) is 0.817. The van der Waals surface area contributed by atoms with Gasteiger partial charge < -0.3 is 10.1 Å². The third kappa shape index (κ3) is 3.38. The third-order valence-electron chi connectivity index (χ3n) is 3.10. The highest BCUT2D eigenvalue weighted by Crippen LogP contribution is 2.18. The van der Waals surface area contributed by atoms with E-state index in [9.17, 15) is 9.59 Å². The van der Waals surface area contributed by atoms with Crippen molar-refractivity contribution in [1.29, 1.82) is 0 Å². The van der Waals surface area contributed by atoms with E-state index in [1.54, 1.807) is 38.3 Å². The number of thioether (sulfide) groups is 1. The van der Waals surface area contributed by atoms with Gasteiger partial charge in [0.25, 0.3) is 11.3 Å². The van der Waals surface area contributed by atoms with Gasteiger partial charge in [-0.3, -0.25) is 14.6 Å². The lowest BCUT2D eigenvalue weighted by atomic mass is 10.3. The molecule has 0 bridgehead atoms. The molecule has 0 unspecified atom stereocenters. The predicted molar refractivity (Wildman–Crippen MR) is 88.5 cm³/mol. The second-order valence-corrected chi connectivity index (χ2v) is 5.77. The molecule has 0 atom stereocenters. The number of hydrogen-bond acceptors (Lipinski definition) is 7. The Morgan fingerprint density at radius 3 is 3.04 bits per heavy atom. The number of methoxy groups -OCH3 is 1. The molecule has 10 heteroatoms. The first kappa shape index (κ1) is 16.0. The molecule has 3 aromatic rings. The number of aromatic amines is 1. The van der Waals surface area contributed by atoms with Crippen molar-refractivity contribution >= 4 is 29.1 Å². The number of ether oxygens (including phenoxy) is 1. The molecule has 124 valence electrons. The minimum Gasteiger partial charge on any atom is -0.497 e. The van der Waals surface area contributed by atoms with Crippen LogP contribution in [0.2, 0.25) is 0 Å². The Labute approximate surface area is 140 Å². The molecule has 2 N–H and O–H groups in total. The third-order valence-corrected chi connectivity index (χ3v) is 4.02. The summed E-state index contributed by atoms with van der Waals surface area (Å²) in [4.78, 5) is 26.1. The van der Waals surface area contributed by atoms with Gasteiger partial charge in [0.1, 0.15) is 11.4 Å². The van der Waals surface area contributed by atoms with Crippen LogP contribution in [-0.2, 0) is 4.79 Å². The van der Waals surface area contributed by atoms with Crippen molar-refractivity contribution in [3.63, 3.8) is 0 Å². The maximum Gasteiger partial charge on any atom is 0.273 e. The zero-order chi connectivity index (χ0) is 17.1. The van der Waals surface area contributed by atoms with Gasteiger partial charge in [-0.05, 0) is 19.1 Å². The molecular weight excluding hydrogens is 332 g/mol. The summed E-state index contributed by atoms with van der Waals surface area (Å²) >= 11 is 1.17. The maximum absolute atomic E-state index is 12.1. The first-order chi connectivity index (χ1) is 11.6. The van der Waals surface area contributed by atoms with Crippen molar-refractivity contribution in [2.24, 2.45) is 0 Å². The highest BCUT2D eigenvalue weighted by atomic mass is 32.2. The van der Waals surface area contributed by atoms with Crippen LogP contribution in [-0.4, -0.2) is 43.6 Å². The van der Waals surface area contributed by atoms with Crippen molar-refractivity contribution in [2.45, 2.75) is 12.1 Å². The summed E-state index contributed by atoms with van der Waals surface area (Å²) in [5, 5.41) is 15.1. The Kier molecular flexibility index (Phi) is 4.47. The molecule has 0 saturated heterocycles. The number of fused-ring (bicyclic) bond motifs is 1. The van der Waals surface area contributed by atoms with Crippen LogP contribution in [0.4, 0.5) is 5.69 Å². The standard InChI is InChI=1S/C14H14N6O3S/c1-8-12(22)16-13-17-18-14(20(13)19-8)24-7-11(21)15-9-4-3-5-10(6-9)23-2/h3-6H,7H2,1-2H3,(H,15,21)(H,16,17,22). The molecular formula is C14H14N6O3S. The number of aryl methyl sites for hydroxylation is 1. The number of nitrogens with zero attached hydrogens (tertiary/aromatic N) is 4. The number of H-pyrrole nitrogens is 1. The zero-order valence-electron chi connectivity index (χ0n) is 12.9. The van der Waals surface area contributed by atoms with Crippen LogP contribution in [0.25, 0.3) is 5.78 Å². The van der Waals surface area contributed by atoms with Crippen LogP contribution in [0, 0.1) is 6.92 Å². The minimum atomic E-state index is -0.317. The molecule has 0 aliphatic heterocycles. The number of amides is 1.